The zero-order chi connectivity index (χ0) is 14.1. The molecule has 0 unspecified atom stereocenters. The molecule has 0 bridgehead atoms. The minimum Gasteiger partial charge on any atom is -0.506 e. The average Bonchev–Trinajstić information content (AvgIpc) is 2.77. The highest BCUT2D eigenvalue weighted by Crippen LogP contribution is 2.26. The molecule has 0 amide bonds. The number of fused-ring (bicyclic) bond motifs is 1. The van der Waals surface area contributed by atoms with Crippen molar-refractivity contribution in [1.82, 2.24) is 9.55 Å². The molecule has 2 N–H and O–H groups in total. The van der Waals surface area contributed by atoms with E-state index < -0.39 is 0 Å². The van der Waals surface area contributed by atoms with Crippen molar-refractivity contribution in [2.45, 2.75) is 6.54 Å². The smallest absolute Gasteiger partial charge is 0.134 e. The summed E-state index contributed by atoms with van der Waals surface area (Å²) in [5, 5.41) is 13.0. The Hall–Kier alpha value is -2.20. The van der Waals surface area contributed by atoms with Crippen LogP contribution in [-0.4, -0.2) is 14.7 Å². The lowest BCUT2D eigenvalue weighted by Gasteiger charge is -2.07. The molecule has 0 atom stereocenters. The van der Waals surface area contributed by atoms with Gasteiger partial charge in [0.25, 0.3) is 0 Å². The molecule has 3 aromatic rings. The molecule has 0 aliphatic heterocycles. The third-order valence-electron chi connectivity index (χ3n) is 3.28. The van der Waals surface area contributed by atoms with Gasteiger partial charge in [0.15, 0.2) is 0 Å². The summed E-state index contributed by atoms with van der Waals surface area (Å²) in [6, 6.07) is 13.1. The summed E-state index contributed by atoms with van der Waals surface area (Å²) in [5.41, 5.74) is 2.93. The number of hydrogen-bond donors (Lipinski definition) is 2. The molecular weight excluding hydrogens is 274 g/mol. The number of imidazole rings is 1. The van der Waals surface area contributed by atoms with Gasteiger partial charge < -0.3 is 15.0 Å². The second kappa shape index (κ2) is 5.06. The highest BCUT2D eigenvalue weighted by molar-refractivity contribution is 6.32. The molecule has 0 fully saturated rings. The maximum absolute atomic E-state index is 9.39. The van der Waals surface area contributed by atoms with Crippen molar-refractivity contribution in [3.63, 3.8) is 0 Å². The second-order valence-electron chi connectivity index (χ2n) is 4.60. The Morgan fingerprint density at radius 1 is 1.25 bits per heavy atom. The first kappa shape index (κ1) is 12.8. The van der Waals surface area contributed by atoms with Crippen molar-refractivity contribution >= 4 is 28.3 Å². The SMILES string of the molecule is Cn1c(CNc2ccc(O)c(Cl)c2)nc2ccccc21. The number of aromatic nitrogens is 2. The molecular formula is C15H14ClN3O. The van der Waals surface area contributed by atoms with Gasteiger partial charge in [0.05, 0.1) is 22.6 Å². The van der Waals surface area contributed by atoms with Crippen LogP contribution >= 0.6 is 11.6 Å². The van der Waals surface area contributed by atoms with E-state index in [9.17, 15) is 5.11 Å². The van der Waals surface area contributed by atoms with E-state index in [0.717, 1.165) is 22.5 Å². The van der Waals surface area contributed by atoms with Gasteiger partial charge in [-0.25, -0.2) is 4.98 Å². The van der Waals surface area contributed by atoms with E-state index in [1.165, 1.54) is 0 Å². The van der Waals surface area contributed by atoms with Gasteiger partial charge in [-0.05, 0) is 30.3 Å². The predicted molar refractivity (Wildman–Crippen MR) is 81.2 cm³/mol. The Morgan fingerprint density at radius 3 is 2.80 bits per heavy atom. The van der Waals surface area contributed by atoms with Crippen molar-refractivity contribution in [3.05, 3.63) is 53.3 Å². The zero-order valence-electron chi connectivity index (χ0n) is 11.0. The normalized spacial score (nSPS) is 10.9. The lowest BCUT2D eigenvalue weighted by Crippen LogP contribution is -2.05. The number of benzene rings is 2. The first-order valence-corrected chi connectivity index (χ1v) is 6.65. The summed E-state index contributed by atoms with van der Waals surface area (Å²) in [6.45, 7) is 0.590. The van der Waals surface area contributed by atoms with Gasteiger partial charge in [-0.15, -0.1) is 0 Å². The molecule has 3 rings (SSSR count). The average molecular weight is 288 g/mol. The summed E-state index contributed by atoms with van der Waals surface area (Å²) in [5.74, 6) is 1.02. The Morgan fingerprint density at radius 2 is 2.05 bits per heavy atom. The lowest BCUT2D eigenvalue weighted by molar-refractivity contribution is 0.475. The van der Waals surface area contributed by atoms with Crippen molar-refractivity contribution in [1.29, 1.82) is 0 Å². The van der Waals surface area contributed by atoms with Crippen LogP contribution in [0.1, 0.15) is 5.82 Å². The molecule has 0 saturated carbocycles. The fraction of sp³-hybridized carbons (Fsp3) is 0.133. The monoisotopic (exact) mass is 287 g/mol. The molecule has 1 aromatic heterocycles. The molecule has 102 valence electrons. The minimum atomic E-state index is 0.0833. The number of nitrogens with zero attached hydrogens (tertiary/aromatic N) is 2. The molecule has 5 heteroatoms. The Kier molecular flexibility index (Phi) is 3.24. The molecule has 0 spiro atoms. The van der Waals surface area contributed by atoms with Crippen LogP contribution in [0.2, 0.25) is 5.02 Å². The number of phenols is 1. The van der Waals surface area contributed by atoms with E-state index in [2.05, 4.69) is 14.9 Å². The molecule has 1 heterocycles. The molecule has 20 heavy (non-hydrogen) atoms. The van der Waals surface area contributed by atoms with E-state index in [-0.39, 0.29) is 5.75 Å². The van der Waals surface area contributed by atoms with Gasteiger partial charge in [0.2, 0.25) is 0 Å². The van der Waals surface area contributed by atoms with Crippen LogP contribution in [0.25, 0.3) is 11.0 Å². The number of nitrogens with one attached hydrogen (secondary N) is 1. The van der Waals surface area contributed by atoms with Crippen LogP contribution in [0, 0.1) is 0 Å². The van der Waals surface area contributed by atoms with Crippen LogP contribution in [-0.2, 0) is 13.6 Å². The Bertz CT molecular complexity index is 767. The quantitative estimate of drug-likeness (QED) is 0.724. The van der Waals surface area contributed by atoms with E-state index in [4.69, 9.17) is 11.6 Å². The molecule has 2 aromatic carbocycles. The number of anilines is 1. The predicted octanol–water partition coefficient (Wildman–Crippen LogP) is 3.54. The molecule has 0 radical (unpaired) electrons. The maximum Gasteiger partial charge on any atom is 0.134 e. The Labute approximate surface area is 121 Å². The fourth-order valence-electron chi connectivity index (χ4n) is 2.15. The van der Waals surface area contributed by atoms with Crippen LogP contribution in [0.3, 0.4) is 0 Å². The van der Waals surface area contributed by atoms with Crippen LogP contribution < -0.4 is 5.32 Å². The molecule has 0 saturated heterocycles. The third-order valence-corrected chi connectivity index (χ3v) is 3.58. The van der Waals surface area contributed by atoms with E-state index in [0.29, 0.717) is 11.6 Å². The van der Waals surface area contributed by atoms with Gasteiger partial charge in [0.1, 0.15) is 11.6 Å². The fourth-order valence-corrected chi connectivity index (χ4v) is 2.33. The van der Waals surface area contributed by atoms with Crippen LogP contribution in [0.4, 0.5) is 5.69 Å². The Balaban J connectivity index is 1.83. The second-order valence-corrected chi connectivity index (χ2v) is 5.00. The number of para-hydroxylation sites is 2. The van der Waals surface area contributed by atoms with Gasteiger partial charge >= 0.3 is 0 Å². The molecule has 4 nitrogen and oxygen atoms in total. The minimum absolute atomic E-state index is 0.0833. The number of halogens is 1. The molecule has 0 aliphatic carbocycles. The van der Waals surface area contributed by atoms with Gasteiger partial charge in [-0.3, -0.25) is 0 Å². The van der Waals surface area contributed by atoms with Gasteiger partial charge in [-0.2, -0.15) is 0 Å². The van der Waals surface area contributed by atoms with Crippen molar-refractivity contribution in [2.24, 2.45) is 7.05 Å². The van der Waals surface area contributed by atoms with Gasteiger partial charge in [0, 0.05) is 12.7 Å². The summed E-state index contributed by atoms with van der Waals surface area (Å²) in [4.78, 5) is 4.59. The summed E-state index contributed by atoms with van der Waals surface area (Å²) >= 11 is 5.88. The third kappa shape index (κ3) is 2.30. The van der Waals surface area contributed by atoms with Crippen LogP contribution in [0.5, 0.6) is 5.75 Å². The van der Waals surface area contributed by atoms with Crippen molar-refractivity contribution in [2.75, 3.05) is 5.32 Å². The van der Waals surface area contributed by atoms with Crippen LogP contribution in [0.15, 0.2) is 42.5 Å². The largest absolute Gasteiger partial charge is 0.506 e. The number of aryl methyl sites for hydroxylation is 1. The summed E-state index contributed by atoms with van der Waals surface area (Å²) in [6.07, 6.45) is 0. The van der Waals surface area contributed by atoms with Crippen molar-refractivity contribution < 1.29 is 5.11 Å². The highest BCUT2D eigenvalue weighted by atomic mass is 35.5. The highest BCUT2D eigenvalue weighted by Gasteiger charge is 2.07. The number of phenolic OH excluding ortho intramolecular Hbond substituents is 1. The molecule has 0 aliphatic rings. The van der Waals surface area contributed by atoms with Crippen molar-refractivity contribution in [3.8, 4) is 5.75 Å². The zero-order valence-corrected chi connectivity index (χ0v) is 11.7. The number of aromatic hydroxyl groups is 1. The number of hydrogen-bond acceptors (Lipinski definition) is 3. The van der Waals surface area contributed by atoms with E-state index in [1.807, 2.05) is 31.3 Å². The first-order valence-electron chi connectivity index (χ1n) is 6.28. The standard InChI is InChI=1S/C15H14ClN3O/c1-19-13-5-3-2-4-12(13)18-15(19)9-17-10-6-7-14(20)11(16)8-10/h2-8,17,20H,9H2,1H3. The number of rotatable bonds is 3. The van der Waals surface area contributed by atoms with E-state index in [1.54, 1.807) is 18.2 Å². The lowest BCUT2D eigenvalue weighted by atomic mass is 10.3. The topological polar surface area (TPSA) is 50.1 Å². The maximum atomic E-state index is 9.39. The van der Waals surface area contributed by atoms with E-state index >= 15 is 0 Å². The van der Waals surface area contributed by atoms with Gasteiger partial charge in [-0.1, -0.05) is 23.7 Å². The summed E-state index contributed by atoms with van der Waals surface area (Å²) in [7, 11) is 2.00. The summed E-state index contributed by atoms with van der Waals surface area (Å²) < 4.78 is 2.06. The first-order chi connectivity index (χ1) is 9.65.